The lowest BCUT2D eigenvalue weighted by Crippen LogP contribution is -2.49. The van der Waals surface area contributed by atoms with Crippen LogP contribution < -0.4 is 0 Å². The van der Waals surface area contributed by atoms with E-state index in [1.165, 1.54) is 6.26 Å². The SMILES string of the molecule is CS(=O)(=O)C1CC2CCC(C1)N2C(=O)CCc1cccc(Cl)c1. The second kappa shape index (κ2) is 6.44. The molecule has 1 aromatic carbocycles. The number of carbonyl (C=O) groups is 1. The zero-order chi connectivity index (χ0) is 16.6. The van der Waals surface area contributed by atoms with Gasteiger partial charge in [0.15, 0.2) is 0 Å². The van der Waals surface area contributed by atoms with Gasteiger partial charge in [0, 0.05) is 29.8 Å². The van der Waals surface area contributed by atoms with Crippen molar-refractivity contribution in [2.75, 3.05) is 6.26 Å². The largest absolute Gasteiger partial charge is 0.337 e. The molecule has 1 amide bonds. The molecule has 2 fully saturated rings. The summed E-state index contributed by atoms with van der Waals surface area (Å²) >= 11 is 5.97. The zero-order valence-corrected chi connectivity index (χ0v) is 14.8. The highest BCUT2D eigenvalue weighted by Crippen LogP contribution is 2.38. The van der Waals surface area contributed by atoms with E-state index in [1.807, 2.05) is 29.2 Å². The summed E-state index contributed by atoms with van der Waals surface area (Å²) in [4.78, 5) is 14.6. The molecule has 2 aliphatic rings. The van der Waals surface area contributed by atoms with Gasteiger partial charge < -0.3 is 4.90 Å². The molecule has 2 bridgehead atoms. The van der Waals surface area contributed by atoms with Crippen LogP contribution in [0.2, 0.25) is 5.02 Å². The number of fused-ring (bicyclic) bond motifs is 2. The van der Waals surface area contributed by atoms with Crippen LogP contribution in [0.1, 0.15) is 37.7 Å². The van der Waals surface area contributed by atoms with Crippen LogP contribution in [0.5, 0.6) is 0 Å². The van der Waals surface area contributed by atoms with Crippen molar-refractivity contribution in [3.8, 4) is 0 Å². The molecule has 2 atom stereocenters. The highest BCUT2D eigenvalue weighted by molar-refractivity contribution is 7.91. The van der Waals surface area contributed by atoms with Crippen LogP contribution in [0, 0.1) is 0 Å². The molecular formula is C17H22ClNO3S. The topological polar surface area (TPSA) is 54.5 Å². The van der Waals surface area contributed by atoms with Crippen LogP contribution in [-0.4, -0.2) is 42.8 Å². The van der Waals surface area contributed by atoms with Crippen LogP contribution in [0.25, 0.3) is 0 Å². The Morgan fingerprint density at radius 1 is 1.26 bits per heavy atom. The highest BCUT2D eigenvalue weighted by Gasteiger charge is 2.45. The second-order valence-electron chi connectivity index (χ2n) is 6.74. The Hall–Kier alpha value is -1.07. The molecular weight excluding hydrogens is 334 g/mol. The molecule has 2 aliphatic heterocycles. The summed E-state index contributed by atoms with van der Waals surface area (Å²) in [5, 5.41) is 0.404. The minimum Gasteiger partial charge on any atom is -0.337 e. The van der Waals surface area contributed by atoms with Gasteiger partial charge in [-0.05, 0) is 49.8 Å². The second-order valence-corrected chi connectivity index (χ2v) is 9.50. The van der Waals surface area contributed by atoms with E-state index < -0.39 is 9.84 Å². The average Bonchev–Trinajstić information content (AvgIpc) is 2.73. The first-order valence-corrected chi connectivity index (χ1v) is 10.4. The Bertz CT molecular complexity index is 690. The maximum absolute atomic E-state index is 12.6. The minimum atomic E-state index is -3.01. The van der Waals surface area contributed by atoms with E-state index in [-0.39, 0.29) is 23.2 Å². The van der Waals surface area contributed by atoms with Gasteiger partial charge in [-0.2, -0.15) is 0 Å². The van der Waals surface area contributed by atoms with Gasteiger partial charge in [0.05, 0.1) is 5.25 Å². The fourth-order valence-electron chi connectivity index (χ4n) is 3.96. The van der Waals surface area contributed by atoms with Crippen LogP contribution >= 0.6 is 11.6 Å². The third-order valence-corrected chi connectivity index (χ3v) is 6.93. The molecule has 126 valence electrons. The van der Waals surface area contributed by atoms with Gasteiger partial charge in [0.2, 0.25) is 5.91 Å². The first-order valence-electron chi connectivity index (χ1n) is 8.09. The van der Waals surface area contributed by atoms with Gasteiger partial charge >= 0.3 is 0 Å². The Morgan fingerprint density at radius 2 is 1.91 bits per heavy atom. The third-order valence-electron chi connectivity index (χ3n) is 5.10. The lowest BCUT2D eigenvalue weighted by Gasteiger charge is -2.38. The van der Waals surface area contributed by atoms with E-state index in [0.29, 0.717) is 30.7 Å². The predicted octanol–water partition coefficient (Wildman–Crippen LogP) is 2.84. The fraction of sp³-hybridized carbons (Fsp3) is 0.588. The van der Waals surface area contributed by atoms with Crippen LogP contribution in [0.3, 0.4) is 0 Å². The molecule has 2 unspecified atom stereocenters. The standard InChI is InChI=1S/C17H22ClNO3S/c1-23(21,22)16-10-14-6-7-15(11-16)19(14)17(20)8-5-12-3-2-4-13(18)9-12/h2-4,9,14-16H,5-8,10-11H2,1H3. The maximum Gasteiger partial charge on any atom is 0.223 e. The van der Waals surface area contributed by atoms with E-state index in [2.05, 4.69) is 0 Å². The molecule has 4 nitrogen and oxygen atoms in total. The fourth-order valence-corrected chi connectivity index (χ4v) is 5.31. The number of carbonyl (C=O) groups excluding carboxylic acids is 1. The van der Waals surface area contributed by atoms with E-state index in [4.69, 9.17) is 11.6 Å². The summed E-state index contributed by atoms with van der Waals surface area (Å²) in [5.74, 6) is 0.143. The van der Waals surface area contributed by atoms with Crippen molar-refractivity contribution in [3.63, 3.8) is 0 Å². The normalized spacial score (nSPS) is 27.2. The summed E-state index contributed by atoms with van der Waals surface area (Å²) in [5.41, 5.74) is 1.06. The Morgan fingerprint density at radius 3 is 2.48 bits per heavy atom. The first kappa shape index (κ1) is 16.8. The summed E-state index contributed by atoms with van der Waals surface area (Å²) in [6, 6.07) is 7.77. The maximum atomic E-state index is 12.6. The molecule has 0 saturated carbocycles. The number of piperidine rings is 1. The first-order chi connectivity index (χ1) is 10.8. The molecule has 0 N–H and O–H groups in total. The van der Waals surface area contributed by atoms with Crippen molar-refractivity contribution in [3.05, 3.63) is 34.9 Å². The lowest BCUT2D eigenvalue weighted by molar-refractivity contribution is -0.135. The minimum absolute atomic E-state index is 0.0975. The predicted molar refractivity (Wildman–Crippen MR) is 91.3 cm³/mol. The van der Waals surface area contributed by atoms with Gasteiger partial charge in [0.1, 0.15) is 9.84 Å². The highest BCUT2D eigenvalue weighted by atomic mass is 35.5. The molecule has 23 heavy (non-hydrogen) atoms. The Kier molecular flexibility index (Phi) is 4.70. The van der Waals surface area contributed by atoms with Crippen LogP contribution in [0.4, 0.5) is 0 Å². The zero-order valence-electron chi connectivity index (χ0n) is 13.2. The van der Waals surface area contributed by atoms with E-state index >= 15 is 0 Å². The van der Waals surface area contributed by atoms with Crippen molar-refractivity contribution in [2.24, 2.45) is 0 Å². The lowest BCUT2D eigenvalue weighted by atomic mass is 10.0. The average molecular weight is 356 g/mol. The molecule has 2 saturated heterocycles. The molecule has 0 radical (unpaired) electrons. The number of halogens is 1. The number of nitrogens with zero attached hydrogens (tertiary/aromatic N) is 1. The molecule has 1 aromatic rings. The van der Waals surface area contributed by atoms with E-state index in [0.717, 1.165) is 18.4 Å². The molecule has 6 heteroatoms. The molecule has 3 rings (SSSR count). The Labute approximate surface area is 142 Å². The summed E-state index contributed by atoms with van der Waals surface area (Å²) < 4.78 is 23.6. The van der Waals surface area contributed by atoms with Crippen molar-refractivity contribution in [2.45, 2.75) is 55.9 Å². The summed E-state index contributed by atoms with van der Waals surface area (Å²) in [7, 11) is -3.01. The van der Waals surface area contributed by atoms with E-state index in [1.54, 1.807) is 0 Å². The number of sulfone groups is 1. The van der Waals surface area contributed by atoms with Crippen LogP contribution in [0.15, 0.2) is 24.3 Å². The van der Waals surface area contributed by atoms with Gasteiger partial charge in [-0.1, -0.05) is 23.7 Å². The number of hydrogen-bond donors (Lipinski definition) is 0. The van der Waals surface area contributed by atoms with Gasteiger partial charge in [-0.25, -0.2) is 8.42 Å². The summed E-state index contributed by atoms with van der Waals surface area (Å²) in [6.07, 6.45) is 5.49. The van der Waals surface area contributed by atoms with Gasteiger partial charge in [-0.3, -0.25) is 4.79 Å². The van der Waals surface area contributed by atoms with Crippen molar-refractivity contribution in [1.82, 2.24) is 4.90 Å². The molecule has 0 aliphatic carbocycles. The van der Waals surface area contributed by atoms with Crippen LogP contribution in [-0.2, 0) is 21.1 Å². The quantitative estimate of drug-likeness (QED) is 0.834. The van der Waals surface area contributed by atoms with Crippen molar-refractivity contribution < 1.29 is 13.2 Å². The van der Waals surface area contributed by atoms with Crippen molar-refractivity contribution in [1.29, 1.82) is 0 Å². The number of aryl methyl sites for hydroxylation is 1. The molecule has 0 spiro atoms. The molecule has 2 heterocycles. The monoisotopic (exact) mass is 355 g/mol. The number of benzene rings is 1. The molecule has 0 aromatic heterocycles. The summed E-state index contributed by atoms with van der Waals surface area (Å²) in [6.45, 7) is 0. The third kappa shape index (κ3) is 3.72. The number of rotatable bonds is 4. The smallest absolute Gasteiger partial charge is 0.223 e. The van der Waals surface area contributed by atoms with Gasteiger partial charge in [0.25, 0.3) is 0 Å². The number of hydrogen-bond acceptors (Lipinski definition) is 3. The van der Waals surface area contributed by atoms with E-state index in [9.17, 15) is 13.2 Å². The number of amides is 1. The van der Waals surface area contributed by atoms with Gasteiger partial charge in [-0.15, -0.1) is 0 Å². The Balaban J connectivity index is 1.63. The van der Waals surface area contributed by atoms with Crippen molar-refractivity contribution >= 4 is 27.3 Å².